The Hall–Kier alpha value is -2.14. The molecule has 0 fully saturated rings. The fourth-order valence-corrected chi connectivity index (χ4v) is 1.72. The van der Waals surface area contributed by atoms with E-state index in [1.807, 2.05) is 12.1 Å². The summed E-state index contributed by atoms with van der Waals surface area (Å²) in [6.45, 7) is 1.42. The molecule has 0 radical (unpaired) electrons. The number of nitrogens with zero attached hydrogens (tertiary/aromatic N) is 2. The first-order valence-corrected chi connectivity index (χ1v) is 6.31. The topological polar surface area (TPSA) is 84.1 Å². The molecule has 2 aromatic rings. The van der Waals surface area contributed by atoms with Gasteiger partial charge in [0, 0.05) is 25.4 Å². The Labute approximate surface area is 112 Å². The molecule has 1 aromatic carbocycles. The summed E-state index contributed by atoms with van der Waals surface area (Å²) in [5.41, 5.74) is 7.25. The summed E-state index contributed by atoms with van der Waals surface area (Å²) in [6.07, 6.45) is 5.05. The van der Waals surface area contributed by atoms with Crippen LogP contribution < -0.4 is 11.1 Å². The maximum absolute atomic E-state index is 9.70. The summed E-state index contributed by atoms with van der Waals surface area (Å²) in [5.74, 6) is 0.905. The van der Waals surface area contributed by atoms with E-state index in [1.165, 1.54) is 0 Å². The number of phenolic OH excluding ortho intramolecular Hbond substituents is 1. The first kappa shape index (κ1) is 13.3. The summed E-state index contributed by atoms with van der Waals surface area (Å²) in [4.78, 5) is 8.46. The second kappa shape index (κ2) is 6.70. The summed E-state index contributed by atoms with van der Waals surface area (Å²) >= 11 is 0. The third-order valence-corrected chi connectivity index (χ3v) is 2.76. The second-order valence-electron chi connectivity index (χ2n) is 4.29. The van der Waals surface area contributed by atoms with E-state index in [-0.39, 0.29) is 0 Å². The molecule has 0 saturated heterocycles. The molecule has 0 unspecified atom stereocenters. The number of para-hydroxylation sites is 1. The van der Waals surface area contributed by atoms with Gasteiger partial charge in [-0.15, -0.1) is 0 Å². The van der Waals surface area contributed by atoms with E-state index in [0.717, 1.165) is 24.1 Å². The second-order valence-corrected chi connectivity index (χ2v) is 4.29. The normalized spacial score (nSPS) is 10.4. The number of hydrogen-bond acceptors (Lipinski definition) is 5. The van der Waals surface area contributed by atoms with Crippen LogP contribution in [0.4, 0.5) is 5.95 Å². The molecular weight excluding hydrogens is 240 g/mol. The highest BCUT2D eigenvalue weighted by atomic mass is 16.3. The van der Waals surface area contributed by atoms with Crippen LogP contribution in [0.5, 0.6) is 5.75 Å². The highest BCUT2D eigenvalue weighted by molar-refractivity contribution is 5.36. The Morgan fingerprint density at radius 3 is 2.58 bits per heavy atom. The molecule has 0 aliphatic rings. The van der Waals surface area contributed by atoms with Crippen molar-refractivity contribution in [3.05, 3.63) is 47.8 Å². The van der Waals surface area contributed by atoms with Crippen LogP contribution in [0.15, 0.2) is 36.7 Å². The van der Waals surface area contributed by atoms with Gasteiger partial charge in [-0.1, -0.05) is 18.2 Å². The van der Waals surface area contributed by atoms with E-state index < -0.39 is 0 Å². The third kappa shape index (κ3) is 3.93. The molecule has 0 saturated carbocycles. The number of anilines is 1. The number of rotatable bonds is 6. The first-order chi connectivity index (χ1) is 9.29. The molecule has 2 rings (SSSR count). The van der Waals surface area contributed by atoms with Gasteiger partial charge in [-0.05, 0) is 30.2 Å². The van der Waals surface area contributed by atoms with Gasteiger partial charge in [0.2, 0.25) is 5.95 Å². The van der Waals surface area contributed by atoms with E-state index >= 15 is 0 Å². The lowest BCUT2D eigenvalue weighted by Gasteiger charge is -2.06. The summed E-state index contributed by atoms with van der Waals surface area (Å²) in [6, 6.07) is 7.28. The molecule has 0 amide bonds. The maximum atomic E-state index is 9.70. The van der Waals surface area contributed by atoms with Gasteiger partial charge in [-0.25, -0.2) is 9.97 Å². The minimum atomic E-state index is 0.299. The summed E-state index contributed by atoms with van der Waals surface area (Å²) in [7, 11) is 0. The first-order valence-electron chi connectivity index (χ1n) is 6.31. The number of nitrogens with two attached hydrogens (primary N) is 1. The molecule has 0 spiro atoms. The molecule has 0 aliphatic heterocycles. The van der Waals surface area contributed by atoms with Crippen LogP contribution in [0.3, 0.4) is 0 Å². The molecule has 1 heterocycles. The molecule has 19 heavy (non-hydrogen) atoms. The lowest BCUT2D eigenvalue weighted by atomic mass is 10.1. The highest BCUT2D eigenvalue weighted by Crippen LogP contribution is 2.19. The van der Waals surface area contributed by atoms with Crippen LogP contribution in [0.2, 0.25) is 0 Å². The van der Waals surface area contributed by atoms with Gasteiger partial charge in [0.05, 0.1) is 0 Å². The van der Waals surface area contributed by atoms with Crippen molar-refractivity contribution in [2.75, 3.05) is 18.4 Å². The standard InChI is InChI=1S/C14H18N4O/c15-6-3-7-16-14-17-9-11(10-18-14)8-12-4-1-2-5-13(12)19/h1-2,4-5,9-10,19H,3,6-8,15H2,(H,16,17,18). The average molecular weight is 258 g/mol. The van der Waals surface area contributed by atoms with E-state index in [1.54, 1.807) is 24.5 Å². The summed E-state index contributed by atoms with van der Waals surface area (Å²) < 4.78 is 0. The molecule has 5 nitrogen and oxygen atoms in total. The number of nitrogens with one attached hydrogen (secondary N) is 1. The van der Waals surface area contributed by atoms with Crippen LogP contribution in [-0.2, 0) is 6.42 Å². The van der Waals surface area contributed by atoms with Gasteiger partial charge in [0.1, 0.15) is 5.75 Å². The van der Waals surface area contributed by atoms with Crippen LogP contribution >= 0.6 is 0 Å². The molecular formula is C14H18N4O. The Bertz CT molecular complexity index is 513. The quantitative estimate of drug-likeness (QED) is 0.684. The fourth-order valence-electron chi connectivity index (χ4n) is 1.72. The van der Waals surface area contributed by atoms with Gasteiger partial charge in [-0.2, -0.15) is 0 Å². The lowest BCUT2D eigenvalue weighted by molar-refractivity contribution is 0.469. The van der Waals surface area contributed by atoms with E-state index in [4.69, 9.17) is 5.73 Å². The highest BCUT2D eigenvalue weighted by Gasteiger charge is 2.03. The van der Waals surface area contributed by atoms with E-state index in [2.05, 4.69) is 15.3 Å². The van der Waals surface area contributed by atoms with Crippen LogP contribution in [0, 0.1) is 0 Å². The van der Waals surface area contributed by atoms with Crippen molar-refractivity contribution < 1.29 is 5.11 Å². The molecule has 1 aromatic heterocycles. The smallest absolute Gasteiger partial charge is 0.222 e. The van der Waals surface area contributed by atoms with Crippen molar-refractivity contribution in [3.8, 4) is 5.75 Å². The van der Waals surface area contributed by atoms with Gasteiger partial charge < -0.3 is 16.2 Å². The Kier molecular flexibility index (Phi) is 4.69. The Morgan fingerprint density at radius 1 is 1.16 bits per heavy atom. The number of hydrogen-bond donors (Lipinski definition) is 3. The van der Waals surface area contributed by atoms with Crippen molar-refractivity contribution in [2.45, 2.75) is 12.8 Å². The summed E-state index contributed by atoms with van der Waals surface area (Å²) in [5, 5.41) is 12.8. The van der Waals surface area contributed by atoms with Crippen LogP contribution in [-0.4, -0.2) is 28.2 Å². The largest absolute Gasteiger partial charge is 0.508 e. The van der Waals surface area contributed by atoms with Crippen molar-refractivity contribution in [1.82, 2.24) is 9.97 Å². The van der Waals surface area contributed by atoms with E-state index in [0.29, 0.717) is 24.7 Å². The van der Waals surface area contributed by atoms with Crippen molar-refractivity contribution in [2.24, 2.45) is 5.73 Å². The Morgan fingerprint density at radius 2 is 1.89 bits per heavy atom. The molecule has 5 heteroatoms. The molecule has 4 N–H and O–H groups in total. The predicted octanol–water partition coefficient (Wildman–Crippen LogP) is 1.53. The number of aromatic nitrogens is 2. The van der Waals surface area contributed by atoms with Crippen molar-refractivity contribution >= 4 is 5.95 Å². The van der Waals surface area contributed by atoms with Crippen LogP contribution in [0.25, 0.3) is 0 Å². The Balaban J connectivity index is 1.97. The molecule has 0 bridgehead atoms. The van der Waals surface area contributed by atoms with E-state index in [9.17, 15) is 5.11 Å². The molecule has 100 valence electrons. The minimum absolute atomic E-state index is 0.299. The molecule has 0 atom stereocenters. The predicted molar refractivity (Wildman–Crippen MR) is 75.1 cm³/mol. The maximum Gasteiger partial charge on any atom is 0.222 e. The number of benzene rings is 1. The van der Waals surface area contributed by atoms with Gasteiger partial charge >= 0.3 is 0 Å². The number of phenols is 1. The van der Waals surface area contributed by atoms with Gasteiger partial charge in [-0.3, -0.25) is 0 Å². The van der Waals surface area contributed by atoms with Crippen molar-refractivity contribution in [3.63, 3.8) is 0 Å². The van der Waals surface area contributed by atoms with Crippen LogP contribution in [0.1, 0.15) is 17.5 Å². The third-order valence-electron chi connectivity index (χ3n) is 2.76. The van der Waals surface area contributed by atoms with Gasteiger partial charge in [0.15, 0.2) is 0 Å². The average Bonchev–Trinajstić information content (AvgIpc) is 2.44. The minimum Gasteiger partial charge on any atom is -0.508 e. The lowest BCUT2D eigenvalue weighted by Crippen LogP contribution is -2.10. The zero-order valence-electron chi connectivity index (χ0n) is 10.7. The monoisotopic (exact) mass is 258 g/mol. The molecule has 0 aliphatic carbocycles. The zero-order valence-corrected chi connectivity index (χ0v) is 10.7. The SMILES string of the molecule is NCCCNc1ncc(Cc2ccccc2O)cn1. The van der Waals surface area contributed by atoms with Crippen molar-refractivity contribution in [1.29, 1.82) is 0 Å². The number of aromatic hydroxyl groups is 1. The zero-order chi connectivity index (χ0) is 13.5. The fraction of sp³-hybridized carbons (Fsp3) is 0.286. The van der Waals surface area contributed by atoms with Gasteiger partial charge in [0.25, 0.3) is 0 Å².